The summed E-state index contributed by atoms with van der Waals surface area (Å²) in [6.45, 7) is 3.37. The van der Waals surface area contributed by atoms with E-state index in [9.17, 15) is 9.59 Å². The molecule has 7 heteroatoms. The van der Waals surface area contributed by atoms with Crippen molar-refractivity contribution >= 4 is 50.8 Å². The van der Waals surface area contributed by atoms with E-state index in [1.807, 2.05) is 85.8 Å². The number of hydrogen-bond acceptors (Lipinski definition) is 5. The Balaban J connectivity index is 1.49. The third-order valence-electron chi connectivity index (χ3n) is 4.89. The predicted molar refractivity (Wildman–Crippen MR) is 132 cm³/mol. The molecule has 1 atom stereocenters. The van der Waals surface area contributed by atoms with Crippen LogP contribution in [-0.4, -0.2) is 22.0 Å². The van der Waals surface area contributed by atoms with Gasteiger partial charge in [-0.05, 0) is 36.2 Å². The Morgan fingerprint density at radius 3 is 2.16 bits per heavy atom. The van der Waals surface area contributed by atoms with E-state index in [1.54, 1.807) is 0 Å². The van der Waals surface area contributed by atoms with Gasteiger partial charge in [0.25, 0.3) is 0 Å². The number of amides is 2. The monoisotopic (exact) mass is 461 g/mol. The van der Waals surface area contributed by atoms with Crippen LogP contribution in [0.25, 0.3) is 10.2 Å². The van der Waals surface area contributed by atoms with Crippen LogP contribution in [0.1, 0.15) is 31.0 Å². The van der Waals surface area contributed by atoms with E-state index in [1.165, 1.54) is 30.0 Å². The topological polar surface area (TPSA) is 71.1 Å². The standard InChI is InChI=1S/C25H23N3O2S2/c1-16(31-25-27-21-14-13-20(26-17(2)29)15-22(21)32-25)24(30)28-23(18-9-5-3-6-10-18)19-11-7-4-8-12-19/h3-16,23H,1-2H3,(H,26,29)(H,28,30)/t16-/m0/s1. The molecule has 2 N–H and O–H groups in total. The number of benzene rings is 3. The molecule has 1 aromatic heterocycles. The van der Waals surface area contributed by atoms with Gasteiger partial charge in [0.15, 0.2) is 4.34 Å². The fraction of sp³-hybridized carbons (Fsp3) is 0.160. The lowest BCUT2D eigenvalue weighted by Gasteiger charge is -2.21. The van der Waals surface area contributed by atoms with Crippen LogP contribution in [0.5, 0.6) is 0 Å². The van der Waals surface area contributed by atoms with Gasteiger partial charge in [0.2, 0.25) is 11.8 Å². The van der Waals surface area contributed by atoms with Gasteiger partial charge in [-0.2, -0.15) is 0 Å². The number of anilines is 1. The maximum absolute atomic E-state index is 13.1. The molecule has 0 saturated heterocycles. The highest BCUT2D eigenvalue weighted by atomic mass is 32.2. The van der Waals surface area contributed by atoms with Crippen molar-refractivity contribution in [1.82, 2.24) is 10.3 Å². The van der Waals surface area contributed by atoms with Crippen molar-refractivity contribution in [2.24, 2.45) is 0 Å². The van der Waals surface area contributed by atoms with Crippen LogP contribution in [-0.2, 0) is 9.59 Å². The molecule has 1 heterocycles. The quantitative estimate of drug-likeness (QED) is 0.349. The lowest BCUT2D eigenvalue weighted by Crippen LogP contribution is -2.34. The first-order chi connectivity index (χ1) is 15.5. The van der Waals surface area contributed by atoms with Crippen LogP contribution in [0.4, 0.5) is 5.69 Å². The Labute approximate surface area is 195 Å². The highest BCUT2D eigenvalue weighted by Gasteiger charge is 2.22. The Bertz CT molecular complexity index is 1190. The van der Waals surface area contributed by atoms with Crippen molar-refractivity contribution in [3.05, 3.63) is 90.0 Å². The summed E-state index contributed by atoms with van der Waals surface area (Å²) in [4.78, 5) is 29.0. The molecule has 0 aliphatic rings. The molecular formula is C25H23N3O2S2. The molecule has 4 aromatic rings. The maximum Gasteiger partial charge on any atom is 0.234 e. The number of nitrogens with one attached hydrogen (secondary N) is 2. The third-order valence-corrected chi connectivity index (χ3v) is 7.10. The summed E-state index contributed by atoms with van der Waals surface area (Å²) in [5.74, 6) is -0.161. The van der Waals surface area contributed by atoms with Gasteiger partial charge in [-0.3, -0.25) is 9.59 Å². The molecule has 162 valence electrons. The van der Waals surface area contributed by atoms with E-state index in [4.69, 9.17) is 0 Å². The van der Waals surface area contributed by atoms with Crippen molar-refractivity contribution in [2.45, 2.75) is 29.5 Å². The molecule has 2 amide bonds. The van der Waals surface area contributed by atoms with E-state index >= 15 is 0 Å². The molecular weight excluding hydrogens is 438 g/mol. The van der Waals surface area contributed by atoms with Gasteiger partial charge in [0.1, 0.15) is 0 Å². The fourth-order valence-corrected chi connectivity index (χ4v) is 5.61. The second-order valence-electron chi connectivity index (χ2n) is 7.37. The van der Waals surface area contributed by atoms with Gasteiger partial charge in [0.05, 0.1) is 21.5 Å². The molecule has 0 saturated carbocycles. The van der Waals surface area contributed by atoms with Crippen molar-refractivity contribution in [3.8, 4) is 0 Å². The molecule has 0 radical (unpaired) electrons. The molecule has 32 heavy (non-hydrogen) atoms. The van der Waals surface area contributed by atoms with E-state index in [-0.39, 0.29) is 23.1 Å². The first-order valence-corrected chi connectivity index (χ1v) is 11.9. The summed E-state index contributed by atoms with van der Waals surface area (Å²) in [6.07, 6.45) is 0. The normalized spacial score (nSPS) is 12.0. The van der Waals surface area contributed by atoms with Gasteiger partial charge in [0, 0.05) is 12.6 Å². The van der Waals surface area contributed by atoms with Gasteiger partial charge in [-0.25, -0.2) is 4.98 Å². The van der Waals surface area contributed by atoms with Gasteiger partial charge in [-0.15, -0.1) is 11.3 Å². The highest BCUT2D eigenvalue weighted by Crippen LogP contribution is 2.34. The molecule has 0 unspecified atom stereocenters. The van der Waals surface area contributed by atoms with E-state index < -0.39 is 0 Å². The number of aromatic nitrogens is 1. The Kier molecular flexibility index (Phi) is 6.87. The zero-order valence-electron chi connectivity index (χ0n) is 17.7. The molecule has 0 bridgehead atoms. The fourth-order valence-electron chi connectivity index (χ4n) is 3.35. The number of rotatable bonds is 7. The van der Waals surface area contributed by atoms with Crippen LogP contribution < -0.4 is 10.6 Å². The average molecular weight is 462 g/mol. The number of thioether (sulfide) groups is 1. The molecule has 0 fully saturated rings. The summed E-state index contributed by atoms with van der Waals surface area (Å²) in [5.41, 5.74) is 3.67. The third kappa shape index (κ3) is 5.36. The summed E-state index contributed by atoms with van der Waals surface area (Å²) >= 11 is 2.95. The van der Waals surface area contributed by atoms with Gasteiger partial charge >= 0.3 is 0 Å². The van der Waals surface area contributed by atoms with Crippen LogP contribution >= 0.6 is 23.1 Å². The average Bonchev–Trinajstić information content (AvgIpc) is 3.19. The van der Waals surface area contributed by atoms with Crippen LogP contribution in [0.2, 0.25) is 0 Å². The summed E-state index contributed by atoms with van der Waals surface area (Å²) < 4.78 is 1.79. The largest absolute Gasteiger partial charge is 0.344 e. The SMILES string of the molecule is CC(=O)Nc1ccc2nc(S[C@@H](C)C(=O)NC(c3ccccc3)c3ccccc3)sc2c1. The first kappa shape index (κ1) is 22.0. The molecule has 3 aromatic carbocycles. The van der Waals surface area contributed by atoms with Crippen LogP contribution in [0.3, 0.4) is 0 Å². The molecule has 0 aliphatic heterocycles. The predicted octanol–water partition coefficient (Wildman–Crippen LogP) is 5.64. The Morgan fingerprint density at radius 2 is 1.56 bits per heavy atom. The minimum absolute atomic E-state index is 0.0501. The number of fused-ring (bicyclic) bond motifs is 1. The number of carbonyl (C=O) groups is 2. The number of thiazole rings is 1. The lowest BCUT2D eigenvalue weighted by atomic mass is 9.98. The molecule has 0 spiro atoms. The van der Waals surface area contributed by atoms with Gasteiger partial charge < -0.3 is 10.6 Å². The maximum atomic E-state index is 13.1. The second kappa shape index (κ2) is 9.97. The number of hydrogen-bond donors (Lipinski definition) is 2. The molecule has 0 aliphatic carbocycles. The summed E-state index contributed by atoms with van der Waals surface area (Å²) in [5, 5.41) is 5.67. The minimum Gasteiger partial charge on any atom is -0.344 e. The van der Waals surface area contributed by atoms with Crippen LogP contribution in [0.15, 0.2) is 83.2 Å². The first-order valence-electron chi connectivity index (χ1n) is 10.2. The smallest absolute Gasteiger partial charge is 0.234 e. The lowest BCUT2D eigenvalue weighted by molar-refractivity contribution is -0.120. The van der Waals surface area contributed by atoms with E-state index in [0.717, 1.165) is 31.4 Å². The van der Waals surface area contributed by atoms with Crippen molar-refractivity contribution < 1.29 is 9.59 Å². The molecule has 4 rings (SSSR count). The van der Waals surface area contributed by atoms with E-state index in [0.29, 0.717) is 0 Å². The van der Waals surface area contributed by atoms with Crippen molar-refractivity contribution in [1.29, 1.82) is 0 Å². The van der Waals surface area contributed by atoms with Crippen LogP contribution in [0, 0.1) is 0 Å². The highest BCUT2D eigenvalue weighted by molar-refractivity contribution is 8.02. The number of carbonyl (C=O) groups excluding carboxylic acids is 2. The number of nitrogens with zero attached hydrogens (tertiary/aromatic N) is 1. The van der Waals surface area contributed by atoms with E-state index in [2.05, 4.69) is 15.6 Å². The Hall–Kier alpha value is -3.16. The van der Waals surface area contributed by atoms with Crippen molar-refractivity contribution in [2.75, 3.05) is 5.32 Å². The minimum atomic E-state index is -0.319. The molecule has 5 nitrogen and oxygen atoms in total. The van der Waals surface area contributed by atoms with Crippen molar-refractivity contribution in [3.63, 3.8) is 0 Å². The Morgan fingerprint density at radius 1 is 0.938 bits per heavy atom. The second-order valence-corrected chi connectivity index (χ2v) is 9.99. The van der Waals surface area contributed by atoms with Gasteiger partial charge in [-0.1, -0.05) is 72.4 Å². The zero-order valence-corrected chi connectivity index (χ0v) is 19.4. The summed E-state index contributed by atoms with van der Waals surface area (Å²) in [6, 6.07) is 25.3. The summed E-state index contributed by atoms with van der Waals surface area (Å²) in [7, 11) is 0. The zero-order chi connectivity index (χ0) is 22.5.